The van der Waals surface area contributed by atoms with Crippen LogP contribution in [-0.4, -0.2) is 23.7 Å². The van der Waals surface area contributed by atoms with Gasteiger partial charge in [-0.3, -0.25) is 0 Å². The van der Waals surface area contributed by atoms with Gasteiger partial charge in [-0.25, -0.2) is 9.59 Å². The van der Waals surface area contributed by atoms with Crippen LogP contribution in [0.3, 0.4) is 0 Å². The van der Waals surface area contributed by atoms with Gasteiger partial charge in [0.05, 0.1) is 17.7 Å². The highest BCUT2D eigenvalue weighted by Crippen LogP contribution is 2.17. The van der Waals surface area contributed by atoms with Gasteiger partial charge in [0.25, 0.3) is 0 Å². The number of benzene rings is 2. The molecule has 0 unspecified atom stereocenters. The van der Waals surface area contributed by atoms with E-state index in [1.165, 1.54) is 24.3 Å². The number of carboxylic acid groups (broad SMARTS) is 1. The molecule has 24 heavy (non-hydrogen) atoms. The molecule has 0 aliphatic rings. The highest BCUT2D eigenvalue weighted by molar-refractivity contribution is 5.91. The molecule has 5 heteroatoms. The molecule has 0 atom stereocenters. The third kappa shape index (κ3) is 5.12. The van der Waals surface area contributed by atoms with Gasteiger partial charge >= 0.3 is 11.9 Å². The van der Waals surface area contributed by atoms with Crippen molar-refractivity contribution in [1.29, 1.82) is 0 Å². The van der Waals surface area contributed by atoms with Gasteiger partial charge in [-0.1, -0.05) is 13.8 Å². The first-order valence-electron chi connectivity index (χ1n) is 7.74. The molecule has 0 aliphatic heterocycles. The van der Waals surface area contributed by atoms with E-state index in [4.69, 9.17) is 14.6 Å². The molecule has 0 heterocycles. The summed E-state index contributed by atoms with van der Waals surface area (Å²) >= 11 is 0. The molecule has 0 aromatic heterocycles. The second kappa shape index (κ2) is 8.15. The lowest BCUT2D eigenvalue weighted by Gasteiger charge is -2.09. The largest absolute Gasteiger partial charge is 0.494 e. The highest BCUT2D eigenvalue weighted by Gasteiger charge is 2.10. The lowest BCUT2D eigenvalue weighted by atomic mass is 10.1. The fourth-order valence-corrected chi connectivity index (χ4v) is 1.93. The molecule has 2 rings (SSSR count). The standard InChI is InChI=1S/C19H20O5/c1-13(2)11-12-23-16-7-5-15(6-8-16)19(22)24-17-9-3-14(4-10-17)18(20)21/h3-10,13H,11-12H2,1-2H3,(H,20,21). The monoisotopic (exact) mass is 328 g/mol. The molecule has 0 amide bonds. The Hall–Kier alpha value is -2.82. The summed E-state index contributed by atoms with van der Waals surface area (Å²) in [6, 6.07) is 12.4. The predicted molar refractivity (Wildman–Crippen MR) is 89.8 cm³/mol. The minimum Gasteiger partial charge on any atom is -0.494 e. The molecule has 0 spiro atoms. The zero-order valence-corrected chi connectivity index (χ0v) is 13.7. The summed E-state index contributed by atoms with van der Waals surface area (Å²) in [5, 5.41) is 8.83. The summed E-state index contributed by atoms with van der Waals surface area (Å²) in [6.07, 6.45) is 0.968. The second-order valence-corrected chi connectivity index (χ2v) is 5.77. The normalized spacial score (nSPS) is 10.5. The van der Waals surface area contributed by atoms with Crippen LogP contribution in [0, 0.1) is 5.92 Å². The zero-order valence-electron chi connectivity index (χ0n) is 13.7. The molecule has 0 fully saturated rings. The van der Waals surface area contributed by atoms with E-state index in [2.05, 4.69) is 13.8 Å². The lowest BCUT2D eigenvalue weighted by molar-refractivity contribution is 0.0696. The Kier molecular flexibility index (Phi) is 5.95. The van der Waals surface area contributed by atoms with Crippen LogP contribution < -0.4 is 9.47 Å². The van der Waals surface area contributed by atoms with Gasteiger partial charge < -0.3 is 14.6 Å². The van der Waals surface area contributed by atoms with Crippen LogP contribution >= 0.6 is 0 Å². The predicted octanol–water partition coefficient (Wildman–Crippen LogP) is 4.03. The Balaban J connectivity index is 1.93. The van der Waals surface area contributed by atoms with Gasteiger partial charge in [0, 0.05) is 0 Å². The third-order valence-electron chi connectivity index (χ3n) is 3.37. The van der Waals surface area contributed by atoms with Crippen LogP contribution in [0.25, 0.3) is 0 Å². The number of hydrogen-bond donors (Lipinski definition) is 1. The van der Waals surface area contributed by atoms with Crippen molar-refractivity contribution in [2.45, 2.75) is 20.3 Å². The van der Waals surface area contributed by atoms with Crippen molar-refractivity contribution >= 4 is 11.9 Å². The Labute approximate surface area is 140 Å². The van der Waals surface area contributed by atoms with E-state index in [0.717, 1.165) is 6.42 Å². The summed E-state index contributed by atoms with van der Waals surface area (Å²) < 4.78 is 10.8. The maximum absolute atomic E-state index is 12.1. The van der Waals surface area contributed by atoms with E-state index in [9.17, 15) is 9.59 Å². The quantitative estimate of drug-likeness (QED) is 0.613. The van der Waals surface area contributed by atoms with Crippen LogP contribution in [0.5, 0.6) is 11.5 Å². The SMILES string of the molecule is CC(C)CCOc1ccc(C(=O)Oc2ccc(C(=O)O)cc2)cc1. The molecular weight excluding hydrogens is 308 g/mol. The summed E-state index contributed by atoms with van der Waals surface area (Å²) in [5.41, 5.74) is 0.534. The van der Waals surface area contributed by atoms with Crippen LogP contribution in [0.1, 0.15) is 41.0 Å². The smallest absolute Gasteiger partial charge is 0.343 e. The van der Waals surface area contributed by atoms with E-state index < -0.39 is 11.9 Å². The van der Waals surface area contributed by atoms with Gasteiger partial charge in [-0.2, -0.15) is 0 Å². The van der Waals surface area contributed by atoms with E-state index >= 15 is 0 Å². The number of carbonyl (C=O) groups is 2. The minimum atomic E-state index is -1.03. The van der Waals surface area contributed by atoms with Crippen molar-refractivity contribution in [2.75, 3.05) is 6.61 Å². The minimum absolute atomic E-state index is 0.137. The molecule has 0 radical (unpaired) electrons. The van der Waals surface area contributed by atoms with Gasteiger partial charge in [0.2, 0.25) is 0 Å². The number of ether oxygens (including phenoxy) is 2. The number of esters is 1. The molecule has 0 aliphatic carbocycles. The first-order valence-corrected chi connectivity index (χ1v) is 7.74. The Bertz CT molecular complexity index is 687. The zero-order chi connectivity index (χ0) is 17.5. The van der Waals surface area contributed by atoms with Gasteiger partial charge in [0.1, 0.15) is 11.5 Å². The topological polar surface area (TPSA) is 72.8 Å². The first-order chi connectivity index (χ1) is 11.5. The van der Waals surface area contributed by atoms with E-state index in [-0.39, 0.29) is 5.56 Å². The molecule has 126 valence electrons. The van der Waals surface area contributed by atoms with Crippen LogP contribution in [-0.2, 0) is 0 Å². The number of hydrogen-bond acceptors (Lipinski definition) is 4. The third-order valence-corrected chi connectivity index (χ3v) is 3.37. The molecule has 0 bridgehead atoms. The van der Waals surface area contributed by atoms with E-state index in [0.29, 0.717) is 29.6 Å². The number of rotatable bonds is 7. The Morgan fingerprint density at radius 2 is 1.46 bits per heavy atom. The average molecular weight is 328 g/mol. The summed E-state index contributed by atoms with van der Waals surface area (Å²) in [5.74, 6) is 0.0415. The van der Waals surface area contributed by atoms with Gasteiger partial charge in [-0.15, -0.1) is 0 Å². The average Bonchev–Trinajstić information content (AvgIpc) is 2.55. The highest BCUT2D eigenvalue weighted by atomic mass is 16.5. The van der Waals surface area contributed by atoms with Crippen molar-refractivity contribution in [2.24, 2.45) is 5.92 Å². The maximum atomic E-state index is 12.1. The second-order valence-electron chi connectivity index (χ2n) is 5.77. The summed E-state index contributed by atoms with van der Waals surface area (Å²) in [7, 11) is 0. The molecule has 0 saturated heterocycles. The fraction of sp³-hybridized carbons (Fsp3) is 0.263. The van der Waals surface area contributed by atoms with Crippen LogP contribution in [0.4, 0.5) is 0 Å². The van der Waals surface area contributed by atoms with Crippen LogP contribution in [0.15, 0.2) is 48.5 Å². The lowest BCUT2D eigenvalue weighted by Crippen LogP contribution is -2.09. The molecule has 2 aromatic rings. The first kappa shape index (κ1) is 17.5. The van der Waals surface area contributed by atoms with Crippen molar-refractivity contribution in [3.8, 4) is 11.5 Å². The van der Waals surface area contributed by atoms with E-state index in [1.54, 1.807) is 24.3 Å². The fourth-order valence-electron chi connectivity index (χ4n) is 1.93. The Morgan fingerprint density at radius 1 is 0.917 bits per heavy atom. The van der Waals surface area contributed by atoms with Crippen LogP contribution in [0.2, 0.25) is 0 Å². The summed E-state index contributed by atoms with van der Waals surface area (Å²) in [4.78, 5) is 22.8. The molecule has 5 nitrogen and oxygen atoms in total. The van der Waals surface area contributed by atoms with Gasteiger partial charge in [-0.05, 0) is 60.9 Å². The molecule has 1 N–H and O–H groups in total. The van der Waals surface area contributed by atoms with Crippen molar-refractivity contribution in [3.63, 3.8) is 0 Å². The van der Waals surface area contributed by atoms with Crippen molar-refractivity contribution in [3.05, 3.63) is 59.7 Å². The number of carbonyl (C=O) groups excluding carboxylic acids is 1. The van der Waals surface area contributed by atoms with Crippen molar-refractivity contribution < 1.29 is 24.2 Å². The number of carboxylic acids is 1. The van der Waals surface area contributed by atoms with Gasteiger partial charge in [0.15, 0.2) is 0 Å². The maximum Gasteiger partial charge on any atom is 0.343 e. The molecule has 2 aromatic carbocycles. The summed E-state index contributed by atoms with van der Waals surface area (Å²) in [6.45, 7) is 4.90. The molecule has 0 saturated carbocycles. The number of aromatic carboxylic acids is 1. The Morgan fingerprint density at radius 3 is 2.00 bits per heavy atom. The van der Waals surface area contributed by atoms with E-state index in [1.807, 2.05) is 0 Å². The van der Waals surface area contributed by atoms with Crippen molar-refractivity contribution in [1.82, 2.24) is 0 Å². The molecular formula is C19H20O5.